The number of aromatic nitrogens is 1. The summed E-state index contributed by atoms with van der Waals surface area (Å²) in [5.74, 6) is -1.27. The van der Waals surface area contributed by atoms with Crippen molar-refractivity contribution in [1.82, 2.24) is 14.8 Å². The molecule has 1 fully saturated rings. The number of rotatable bonds is 5. The molecule has 0 spiro atoms. The van der Waals surface area contributed by atoms with Crippen LogP contribution in [-0.2, 0) is 17.9 Å². The van der Waals surface area contributed by atoms with Crippen LogP contribution in [-0.4, -0.2) is 40.7 Å². The van der Waals surface area contributed by atoms with Gasteiger partial charge in [-0.05, 0) is 32.3 Å². The second-order valence-electron chi connectivity index (χ2n) is 8.20. The zero-order valence-electron chi connectivity index (χ0n) is 18.2. The highest BCUT2D eigenvalue weighted by atomic mass is 19.1. The van der Waals surface area contributed by atoms with Gasteiger partial charge in [-0.15, -0.1) is 0 Å². The molecule has 2 amide bonds. The lowest BCUT2D eigenvalue weighted by molar-refractivity contribution is 0.0686. The van der Waals surface area contributed by atoms with Crippen LogP contribution in [0.3, 0.4) is 0 Å². The fourth-order valence-corrected chi connectivity index (χ4v) is 4.40. The molecule has 172 valence electrons. The van der Waals surface area contributed by atoms with Gasteiger partial charge in [0.15, 0.2) is 5.75 Å². The SMILES string of the molecule is CC[C@@H](NC(=O)Oc1cc(C(=O)N2CCC[C@@H]2C)n2c1COCC2)c1ccc(F)cc1F. The molecule has 1 aromatic heterocycles. The van der Waals surface area contributed by atoms with E-state index < -0.39 is 23.8 Å². The molecule has 2 aromatic rings. The quantitative estimate of drug-likeness (QED) is 0.747. The Morgan fingerprint density at radius 2 is 2.09 bits per heavy atom. The molecule has 0 saturated carbocycles. The largest absolute Gasteiger partial charge is 0.413 e. The molecule has 2 aliphatic heterocycles. The second-order valence-corrected chi connectivity index (χ2v) is 8.20. The molecule has 2 atom stereocenters. The Morgan fingerprint density at radius 1 is 1.28 bits per heavy atom. The molecule has 1 N–H and O–H groups in total. The highest BCUT2D eigenvalue weighted by Gasteiger charge is 2.32. The maximum Gasteiger partial charge on any atom is 0.413 e. The van der Waals surface area contributed by atoms with E-state index >= 15 is 0 Å². The number of ether oxygens (including phenoxy) is 2. The van der Waals surface area contributed by atoms with Crippen LogP contribution in [0.25, 0.3) is 0 Å². The molecular weight excluding hydrogens is 420 g/mol. The number of fused-ring (bicyclic) bond motifs is 1. The molecule has 32 heavy (non-hydrogen) atoms. The van der Waals surface area contributed by atoms with Crippen LogP contribution in [0.4, 0.5) is 13.6 Å². The first-order valence-corrected chi connectivity index (χ1v) is 10.9. The number of hydrogen-bond donors (Lipinski definition) is 1. The number of halogens is 2. The minimum absolute atomic E-state index is 0.0896. The molecule has 0 aliphatic carbocycles. The maximum atomic E-state index is 14.2. The Labute approximate surface area is 185 Å². The number of carbonyl (C=O) groups is 2. The fourth-order valence-electron chi connectivity index (χ4n) is 4.40. The summed E-state index contributed by atoms with van der Waals surface area (Å²) in [7, 11) is 0. The van der Waals surface area contributed by atoms with E-state index in [2.05, 4.69) is 5.32 Å². The van der Waals surface area contributed by atoms with Crippen molar-refractivity contribution in [2.45, 2.75) is 58.3 Å². The van der Waals surface area contributed by atoms with Crippen LogP contribution in [0.5, 0.6) is 5.75 Å². The fraction of sp³-hybridized carbons (Fsp3) is 0.478. The van der Waals surface area contributed by atoms with Crippen LogP contribution in [0.2, 0.25) is 0 Å². The van der Waals surface area contributed by atoms with Gasteiger partial charge in [0, 0.05) is 36.8 Å². The number of nitrogens with one attached hydrogen (secondary N) is 1. The van der Waals surface area contributed by atoms with E-state index in [4.69, 9.17) is 9.47 Å². The van der Waals surface area contributed by atoms with Gasteiger partial charge in [-0.1, -0.05) is 13.0 Å². The average molecular weight is 447 g/mol. The molecule has 9 heteroatoms. The smallest absolute Gasteiger partial charge is 0.408 e. The lowest BCUT2D eigenvalue weighted by atomic mass is 10.0. The number of amides is 2. The Bertz CT molecular complexity index is 1020. The first-order chi connectivity index (χ1) is 15.4. The number of likely N-dealkylation sites (tertiary alicyclic amines) is 1. The van der Waals surface area contributed by atoms with Crippen LogP contribution >= 0.6 is 0 Å². The second kappa shape index (κ2) is 9.28. The van der Waals surface area contributed by atoms with Crippen molar-refractivity contribution < 1.29 is 27.8 Å². The van der Waals surface area contributed by atoms with Gasteiger partial charge < -0.3 is 24.3 Å². The molecule has 1 saturated heterocycles. The molecular formula is C23H27F2N3O4. The van der Waals surface area contributed by atoms with Gasteiger partial charge in [0.05, 0.1) is 24.9 Å². The van der Waals surface area contributed by atoms with E-state index in [-0.39, 0.29) is 29.9 Å². The third kappa shape index (κ3) is 4.34. The van der Waals surface area contributed by atoms with Crippen molar-refractivity contribution in [3.05, 3.63) is 52.9 Å². The predicted octanol–water partition coefficient (Wildman–Crippen LogP) is 4.16. The topological polar surface area (TPSA) is 72.8 Å². The molecule has 2 aliphatic rings. The van der Waals surface area contributed by atoms with Gasteiger partial charge in [0.25, 0.3) is 5.91 Å². The number of carbonyl (C=O) groups excluding carboxylic acids is 2. The normalized spacial score (nSPS) is 18.9. The van der Waals surface area contributed by atoms with Crippen molar-refractivity contribution in [2.75, 3.05) is 13.2 Å². The van der Waals surface area contributed by atoms with Gasteiger partial charge in [-0.2, -0.15) is 0 Å². The van der Waals surface area contributed by atoms with E-state index in [0.717, 1.165) is 25.0 Å². The number of nitrogens with zero attached hydrogens (tertiary/aromatic N) is 2. The third-order valence-corrected chi connectivity index (χ3v) is 6.14. The van der Waals surface area contributed by atoms with Gasteiger partial charge >= 0.3 is 6.09 Å². The van der Waals surface area contributed by atoms with E-state index in [1.54, 1.807) is 13.0 Å². The van der Waals surface area contributed by atoms with E-state index in [1.165, 1.54) is 6.07 Å². The molecule has 3 heterocycles. The van der Waals surface area contributed by atoms with E-state index in [0.29, 0.717) is 37.5 Å². The Hall–Kier alpha value is -2.94. The molecule has 7 nitrogen and oxygen atoms in total. The predicted molar refractivity (Wildman–Crippen MR) is 112 cm³/mol. The lowest BCUT2D eigenvalue weighted by Crippen LogP contribution is -2.35. The summed E-state index contributed by atoms with van der Waals surface area (Å²) in [6.45, 7) is 5.67. The molecule has 0 radical (unpaired) electrons. The summed E-state index contributed by atoms with van der Waals surface area (Å²) in [4.78, 5) is 27.6. The van der Waals surface area contributed by atoms with Crippen molar-refractivity contribution >= 4 is 12.0 Å². The summed E-state index contributed by atoms with van der Waals surface area (Å²) < 4.78 is 40.3. The number of hydrogen-bond acceptors (Lipinski definition) is 4. The lowest BCUT2D eigenvalue weighted by Gasteiger charge is -2.24. The summed E-state index contributed by atoms with van der Waals surface area (Å²) in [5, 5.41) is 2.63. The monoisotopic (exact) mass is 447 g/mol. The Balaban J connectivity index is 1.54. The van der Waals surface area contributed by atoms with Crippen molar-refractivity contribution in [1.29, 1.82) is 0 Å². The van der Waals surface area contributed by atoms with Crippen molar-refractivity contribution in [3.8, 4) is 5.75 Å². The zero-order chi connectivity index (χ0) is 22.8. The minimum Gasteiger partial charge on any atom is -0.408 e. The van der Waals surface area contributed by atoms with Gasteiger partial charge in [-0.25, -0.2) is 13.6 Å². The average Bonchev–Trinajstić information content (AvgIpc) is 3.36. The molecule has 4 rings (SSSR count). The van der Waals surface area contributed by atoms with Crippen molar-refractivity contribution in [3.63, 3.8) is 0 Å². The zero-order valence-corrected chi connectivity index (χ0v) is 18.2. The van der Waals surface area contributed by atoms with Crippen LogP contribution in [0.15, 0.2) is 24.3 Å². The molecule has 0 bridgehead atoms. The summed E-state index contributed by atoms with van der Waals surface area (Å²) >= 11 is 0. The molecule has 1 aromatic carbocycles. The van der Waals surface area contributed by atoms with E-state index in [1.807, 2.05) is 16.4 Å². The van der Waals surface area contributed by atoms with Crippen molar-refractivity contribution in [2.24, 2.45) is 0 Å². The van der Waals surface area contributed by atoms with E-state index in [9.17, 15) is 18.4 Å². The minimum atomic E-state index is -0.784. The van der Waals surface area contributed by atoms with Gasteiger partial charge in [0.2, 0.25) is 0 Å². The standard InChI is InChI=1S/C23H27F2N3O4/c1-3-18(16-7-6-15(24)11-17(16)25)26-23(30)32-21-12-19(28-9-10-31-13-20(21)28)22(29)27-8-4-5-14(27)2/h6-7,11-12,14,18H,3-5,8-10,13H2,1-2H3,(H,26,30)/t14-,18+/m0/s1. The Morgan fingerprint density at radius 3 is 2.78 bits per heavy atom. The summed E-state index contributed by atoms with van der Waals surface area (Å²) in [5.41, 5.74) is 1.26. The summed E-state index contributed by atoms with van der Waals surface area (Å²) in [6.07, 6.45) is 1.53. The summed E-state index contributed by atoms with van der Waals surface area (Å²) in [6, 6.07) is 4.29. The first-order valence-electron chi connectivity index (χ1n) is 10.9. The highest BCUT2D eigenvalue weighted by molar-refractivity contribution is 5.94. The van der Waals surface area contributed by atoms with Crippen LogP contribution < -0.4 is 10.1 Å². The van der Waals surface area contributed by atoms with Crippen LogP contribution in [0, 0.1) is 11.6 Å². The maximum absolute atomic E-state index is 14.2. The first kappa shape index (κ1) is 22.3. The highest BCUT2D eigenvalue weighted by Crippen LogP contribution is 2.30. The third-order valence-electron chi connectivity index (χ3n) is 6.14. The molecule has 0 unspecified atom stereocenters. The van der Waals surface area contributed by atoms with Gasteiger partial charge in [0.1, 0.15) is 17.3 Å². The van der Waals surface area contributed by atoms with Crippen LogP contribution in [0.1, 0.15) is 60.9 Å². The Kier molecular flexibility index (Phi) is 6.45. The number of benzene rings is 1. The van der Waals surface area contributed by atoms with Gasteiger partial charge in [-0.3, -0.25) is 4.79 Å².